The molecule has 1 aromatic carbocycles. The zero-order valence-corrected chi connectivity index (χ0v) is 14.4. The Morgan fingerprint density at radius 3 is 2.30 bits per heavy atom. The smallest absolute Gasteiger partial charge is 0.298 e. The number of carbonyl (C=O) groups excluding carboxylic acids is 2. The van der Waals surface area contributed by atoms with Gasteiger partial charge in [-0.15, -0.1) is 0 Å². The minimum atomic E-state index is -0.300. The molecule has 1 saturated carbocycles. The Morgan fingerprint density at radius 2 is 1.65 bits per heavy atom. The van der Waals surface area contributed by atoms with E-state index in [2.05, 4.69) is 19.9 Å². The number of Topliss-reactive ketones (excluding diaryl/α,β-unsaturated/α-hetero) is 1. The highest BCUT2D eigenvalue weighted by Gasteiger charge is 2.55. The lowest BCUT2D eigenvalue weighted by Crippen LogP contribution is -2.57. The second-order valence-corrected chi connectivity index (χ2v) is 8.38. The van der Waals surface area contributed by atoms with E-state index in [0.717, 1.165) is 43.4 Å². The number of hydrogen-bond acceptors (Lipinski definition) is 2. The fourth-order valence-electron chi connectivity index (χ4n) is 5.26. The van der Waals surface area contributed by atoms with Gasteiger partial charge in [0.1, 0.15) is 0 Å². The lowest BCUT2D eigenvalue weighted by Gasteiger charge is -2.51. The highest BCUT2D eigenvalue weighted by atomic mass is 16.2. The monoisotopic (exact) mass is 311 g/mol. The fourth-order valence-corrected chi connectivity index (χ4v) is 5.26. The number of fused-ring (bicyclic) bond motifs is 1. The van der Waals surface area contributed by atoms with Crippen LogP contribution in [0, 0.1) is 6.92 Å². The molecule has 0 N–H and O–H groups in total. The number of hydrogen-bond donors (Lipinski definition) is 0. The van der Waals surface area contributed by atoms with Crippen molar-refractivity contribution >= 4 is 17.4 Å². The number of anilines is 1. The van der Waals surface area contributed by atoms with Crippen molar-refractivity contribution < 1.29 is 9.59 Å². The van der Waals surface area contributed by atoms with E-state index in [1.807, 2.05) is 17.9 Å². The molecule has 4 rings (SSSR count). The molecule has 0 saturated heterocycles. The molecule has 2 aliphatic heterocycles. The van der Waals surface area contributed by atoms with Crippen LogP contribution in [0.5, 0.6) is 0 Å². The van der Waals surface area contributed by atoms with Crippen molar-refractivity contribution in [1.82, 2.24) is 0 Å². The molecule has 0 unspecified atom stereocenters. The molecule has 122 valence electrons. The first-order valence-corrected chi connectivity index (χ1v) is 8.90. The van der Waals surface area contributed by atoms with Crippen LogP contribution in [-0.2, 0) is 10.2 Å². The summed E-state index contributed by atoms with van der Waals surface area (Å²) in [6.45, 7) is 6.57. The van der Waals surface area contributed by atoms with Crippen molar-refractivity contribution in [2.75, 3.05) is 4.90 Å². The van der Waals surface area contributed by atoms with Crippen LogP contribution in [0.3, 0.4) is 0 Å². The average molecular weight is 311 g/mol. The Kier molecular flexibility index (Phi) is 3.04. The molecule has 0 atom stereocenters. The van der Waals surface area contributed by atoms with Gasteiger partial charge in [0.2, 0.25) is 0 Å². The third kappa shape index (κ3) is 1.95. The fraction of sp³-hybridized carbons (Fsp3) is 0.600. The standard InChI is InChI=1S/C20H25NO2/c1-13-10-14-16-15(11-13)19(2,3)12-20(8-6-4-5-7-9-20)21(16)18(23)17(14)22/h10-11H,4-9,12H2,1-3H3. The number of benzene rings is 1. The second kappa shape index (κ2) is 4.68. The zero-order valence-electron chi connectivity index (χ0n) is 14.4. The number of amides is 1. The first-order chi connectivity index (χ1) is 10.9. The lowest BCUT2D eigenvalue weighted by atomic mass is 9.66. The Hall–Kier alpha value is -1.64. The van der Waals surface area contributed by atoms with Gasteiger partial charge in [-0.3, -0.25) is 14.5 Å². The van der Waals surface area contributed by atoms with Crippen LogP contribution in [0.2, 0.25) is 0 Å². The van der Waals surface area contributed by atoms with Crippen LogP contribution in [0.15, 0.2) is 12.1 Å². The summed E-state index contributed by atoms with van der Waals surface area (Å²) in [4.78, 5) is 27.4. The van der Waals surface area contributed by atoms with E-state index in [-0.39, 0.29) is 22.6 Å². The van der Waals surface area contributed by atoms with E-state index in [0.29, 0.717) is 5.56 Å². The maximum atomic E-state index is 12.9. The summed E-state index contributed by atoms with van der Waals surface area (Å²) in [5, 5.41) is 0. The predicted molar refractivity (Wildman–Crippen MR) is 91.1 cm³/mol. The van der Waals surface area contributed by atoms with Crippen LogP contribution in [0.4, 0.5) is 5.69 Å². The van der Waals surface area contributed by atoms with Crippen LogP contribution in [-0.4, -0.2) is 17.2 Å². The maximum absolute atomic E-state index is 12.9. The first-order valence-electron chi connectivity index (χ1n) is 8.90. The molecule has 1 amide bonds. The minimum absolute atomic E-state index is 0.00183. The Bertz CT molecular complexity index is 709. The summed E-state index contributed by atoms with van der Waals surface area (Å²) in [7, 11) is 0. The Balaban J connectivity index is 1.98. The molecule has 3 nitrogen and oxygen atoms in total. The SMILES string of the molecule is Cc1cc2c3c(c1)C(C)(C)CC1(CCCCCC1)N3C(=O)C2=O. The summed E-state index contributed by atoms with van der Waals surface area (Å²) >= 11 is 0. The van der Waals surface area contributed by atoms with E-state index in [1.165, 1.54) is 18.4 Å². The highest BCUT2D eigenvalue weighted by molar-refractivity contribution is 6.53. The predicted octanol–water partition coefficient (Wildman–Crippen LogP) is 4.30. The summed E-state index contributed by atoms with van der Waals surface area (Å²) in [5.74, 6) is -0.587. The van der Waals surface area contributed by atoms with Crippen LogP contribution in [0.1, 0.15) is 80.3 Å². The normalized spacial score (nSPS) is 24.7. The second-order valence-electron chi connectivity index (χ2n) is 8.38. The number of rotatable bonds is 0. The van der Waals surface area contributed by atoms with Crippen molar-refractivity contribution in [3.05, 3.63) is 28.8 Å². The Labute approximate surface area is 138 Å². The number of carbonyl (C=O) groups is 2. The van der Waals surface area contributed by atoms with Crippen LogP contribution < -0.4 is 4.90 Å². The van der Waals surface area contributed by atoms with Gasteiger partial charge in [0.15, 0.2) is 0 Å². The summed E-state index contributed by atoms with van der Waals surface area (Å²) in [6.07, 6.45) is 7.83. The molecule has 23 heavy (non-hydrogen) atoms. The molecule has 3 aliphatic rings. The molecule has 3 heteroatoms. The summed E-state index contributed by atoms with van der Waals surface area (Å²) < 4.78 is 0. The Morgan fingerprint density at radius 1 is 1.00 bits per heavy atom. The average Bonchev–Trinajstić information content (AvgIpc) is 2.66. The van der Waals surface area contributed by atoms with Crippen molar-refractivity contribution in [3.63, 3.8) is 0 Å². The summed E-state index contributed by atoms with van der Waals surface area (Å²) in [6, 6.07) is 4.09. The van der Waals surface area contributed by atoms with Gasteiger partial charge < -0.3 is 0 Å². The molecular weight excluding hydrogens is 286 g/mol. The van der Waals surface area contributed by atoms with E-state index in [9.17, 15) is 9.59 Å². The minimum Gasteiger partial charge on any atom is -0.298 e. The molecule has 0 radical (unpaired) electrons. The van der Waals surface area contributed by atoms with Crippen molar-refractivity contribution in [1.29, 1.82) is 0 Å². The highest BCUT2D eigenvalue weighted by Crippen LogP contribution is 2.55. The van der Waals surface area contributed by atoms with Crippen molar-refractivity contribution in [2.45, 2.75) is 76.7 Å². The van der Waals surface area contributed by atoms with Gasteiger partial charge in [-0.05, 0) is 48.8 Å². The topological polar surface area (TPSA) is 37.4 Å². The summed E-state index contributed by atoms with van der Waals surface area (Å²) in [5.41, 5.74) is 3.68. The van der Waals surface area contributed by atoms with Gasteiger partial charge in [0.05, 0.1) is 11.3 Å². The largest absolute Gasteiger partial charge is 0.300 e. The van der Waals surface area contributed by atoms with E-state index in [4.69, 9.17) is 0 Å². The number of nitrogens with zero attached hydrogens (tertiary/aromatic N) is 1. The molecule has 1 aliphatic carbocycles. The molecule has 0 aromatic heterocycles. The molecule has 1 spiro atoms. The van der Waals surface area contributed by atoms with E-state index in [1.54, 1.807) is 0 Å². The van der Waals surface area contributed by atoms with Gasteiger partial charge in [0.25, 0.3) is 11.7 Å². The van der Waals surface area contributed by atoms with Crippen molar-refractivity contribution in [3.8, 4) is 0 Å². The van der Waals surface area contributed by atoms with Crippen molar-refractivity contribution in [2.24, 2.45) is 0 Å². The van der Waals surface area contributed by atoms with Gasteiger partial charge >= 0.3 is 0 Å². The van der Waals surface area contributed by atoms with Crippen LogP contribution >= 0.6 is 0 Å². The molecule has 1 aromatic rings. The first kappa shape index (κ1) is 14.9. The van der Waals surface area contributed by atoms with Crippen LogP contribution in [0.25, 0.3) is 0 Å². The third-order valence-electron chi connectivity index (χ3n) is 6.13. The van der Waals surface area contributed by atoms with E-state index < -0.39 is 0 Å². The quantitative estimate of drug-likeness (QED) is 0.670. The molecular formula is C20H25NO2. The number of ketones is 1. The maximum Gasteiger partial charge on any atom is 0.300 e. The van der Waals surface area contributed by atoms with Gasteiger partial charge in [0, 0.05) is 5.54 Å². The van der Waals surface area contributed by atoms with Gasteiger partial charge in [-0.1, -0.05) is 45.6 Å². The number of aryl methyl sites for hydroxylation is 1. The molecule has 1 fully saturated rings. The van der Waals surface area contributed by atoms with Gasteiger partial charge in [-0.25, -0.2) is 0 Å². The zero-order chi connectivity index (χ0) is 16.4. The third-order valence-corrected chi connectivity index (χ3v) is 6.13. The van der Waals surface area contributed by atoms with E-state index >= 15 is 0 Å². The van der Waals surface area contributed by atoms with Gasteiger partial charge in [-0.2, -0.15) is 0 Å². The lowest BCUT2D eigenvalue weighted by molar-refractivity contribution is -0.115. The molecule has 2 heterocycles. The molecule has 0 bridgehead atoms.